The molecule has 0 bridgehead atoms. The summed E-state index contributed by atoms with van der Waals surface area (Å²) in [5.74, 6) is -0.757. The first-order chi connectivity index (χ1) is 8.45. The monoisotopic (exact) mass is 249 g/mol. The number of hydrogen-bond donors (Lipinski definition) is 1. The Morgan fingerprint density at radius 1 is 1.33 bits per heavy atom. The van der Waals surface area contributed by atoms with E-state index in [1.165, 1.54) is 13.8 Å². The molecule has 0 amide bonds. The summed E-state index contributed by atoms with van der Waals surface area (Å²) < 4.78 is 0. The Kier molecular flexibility index (Phi) is 5.04. The van der Waals surface area contributed by atoms with Crippen molar-refractivity contribution in [2.24, 2.45) is 5.16 Å². The molecule has 1 rings (SSSR count). The van der Waals surface area contributed by atoms with Gasteiger partial charge in [0.1, 0.15) is 0 Å². The lowest BCUT2D eigenvalue weighted by atomic mass is 10.1. The molecule has 0 fully saturated rings. The summed E-state index contributed by atoms with van der Waals surface area (Å²) in [7, 11) is 0. The van der Waals surface area contributed by atoms with Gasteiger partial charge in [-0.05, 0) is 25.8 Å². The summed E-state index contributed by atoms with van der Waals surface area (Å²) in [6.45, 7) is 4.76. The van der Waals surface area contributed by atoms with E-state index in [4.69, 9.17) is 4.84 Å². The van der Waals surface area contributed by atoms with Crippen LogP contribution in [0.15, 0.2) is 35.5 Å². The van der Waals surface area contributed by atoms with Crippen LogP contribution >= 0.6 is 0 Å². The van der Waals surface area contributed by atoms with Gasteiger partial charge in [0.05, 0.1) is 5.71 Å². The molecule has 0 radical (unpaired) electrons. The lowest BCUT2D eigenvalue weighted by Gasteiger charge is -2.13. The summed E-state index contributed by atoms with van der Waals surface area (Å²) in [4.78, 5) is 16.2. The molecule has 1 aromatic rings. The normalized spacial score (nSPS) is 12.3. The van der Waals surface area contributed by atoms with Crippen LogP contribution in [0.4, 0.5) is 0 Å². The lowest BCUT2D eigenvalue weighted by molar-refractivity contribution is -0.161. The smallest absolute Gasteiger partial charge is 0.365 e. The van der Waals surface area contributed by atoms with Crippen molar-refractivity contribution in [3.05, 3.63) is 35.9 Å². The molecule has 0 aromatic heterocycles. The Hall–Kier alpha value is -1.68. The lowest BCUT2D eigenvalue weighted by Crippen LogP contribution is -2.32. The standard InChI is InChI=1S/C14H19NO3/c1-4-8-12(11-9-6-5-7-10-11)15-18-13(16)14(2,3)17/h5-7,9-10,17H,4,8H2,1-3H3/b15-12+. The highest BCUT2D eigenvalue weighted by Crippen LogP contribution is 2.09. The number of hydrogen-bond acceptors (Lipinski definition) is 4. The van der Waals surface area contributed by atoms with Crippen LogP contribution in [-0.4, -0.2) is 22.4 Å². The molecule has 0 aliphatic rings. The third-order valence-corrected chi connectivity index (χ3v) is 2.33. The predicted octanol–water partition coefficient (Wildman–Crippen LogP) is 2.50. The second-order valence-corrected chi connectivity index (χ2v) is 4.59. The number of carbonyl (C=O) groups is 1. The van der Waals surface area contributed by atoms with E-state index >= 15 is 0 Å². The van der Waals surface area contributed by atoms with Gasteiger partial charge in [-0.2, -0.15) is 0 Å². The number of oxime groups is 1. The third-order valence-electron chi connectivity index (χ3n) is 2.33. The molecule has 98 valence electrons. The Bertz CT molecular complexity index is 418. The first-order valence-corrected chi connectivity index (χ1v) is 6.01. The van der Waals surface area contributed by atoms with Gasteiger partial charge in [0.15, 0.2) is 5.60 Å². The van der Waals surface area contributed by atoms with Gasteiger partial charge in [-0.25, -0.2) is 4.79 Å². The number of rotatable bonds is 5. The molecular weight excluding hydrogens is 230 g/mol. The Morgan fingerprint density at radius 3 is 2.44 bits per heavy atom. The molecule has 4 heteroatoms. The summed E-state index contributed by atoms with van der Waals surface area (Å²) >= 11 is 0. The molecule has 0 saturated heterocycles. The molecule has 4 nitrogen and oxygen atoms in total. The van der Waals surface area contributed by atoms with E-state index in [2.05, 4.69) is 5.16 Å². The first-order valence-electron chi connectivity index (χ1n) is 6.01. The minimum Gasteiger partial charge on any atom is -0.379 e. The number of aliphatic hydroxyl groups is 1. The molecular formula is C14H19NO3. The first kappa shape index (κ1) is 14.4. The fourth-order valence-corrected chi connectivity index (χ4v) is 1.32. The van der Waals surface area contributed by atoms with Crippen molar-refractivity contribution < 1.29 is 14.7 Å². The van der Waals surface area contributed by atoms with Crippen molar-refractivity contribution in [2.45, 2.75) is 39.2 Å². The van der Waals surface area contributed by atoms with Gasteiger partial charge < -0.3 is 9.94 Å². The highest BCUT2D eigenvalue weighted by atomic mass is 16.7. The van der Waals surface area contributed by atoms with Crippen LogP contribution in [0.2, 0.25) is 0 Å². The van der Waals surface area contributed by atoms with E-state index in [0.717, 1.165) is 12.0 Å². The average molecular weight is 249 g/mol. The van der Waals surface area contributed by atoms with Crippen LogP contribution in [-0.2, 0) is 9.63 Å². The summed E-state index contributed by atoms with van der Waals surface area (Å²) in [5.41, 5.74) is 0.0935. The van der Waals surface area contributed by atoms with Crippen LogP contribution in [0, 0.1) is 0 Å². The zero-order valence-corrected chi connectivity index (χ0v) is 11.0. The molecule has 0 spiro atoms. The number of benzene rings is 1. The van der Waals surface area contributed by atoms with Crippen molar-refractivity contribution in [3.63, 3.8) is 0 Å². The highest BCUT2D eigenvalue weighted by Gasteiger charge is 2.26. The number of carbonyl (C=O) groups excluding carboxylic acids is 1. The highest BCUT2D eigenvalue weighted by molar-refractivity contribution is 6.00. The van der Waals surface area contributed by atoms with Gasteiger partial charge >= 0.3 is 5.97 Å². The largest absolute Gasteiger partial charge is 0.379 e. The van der Waals surface area contributed by atoms with Gasteiger partial charge in [-0.1, -0.05) is 48.8 Å². The summed E-state index contributed by atoms with van der Waals surface area (Å²) in [6.07, 6.45) is 1.61. The SMILES string of the molecule is CCC/C(=N\OC(=O)C(C)(C)O)c1ccccc1. The van der Waals surface area contributed by atoms with Crippen molar-refractivity contribution in [3.8, 4) is 0 Å². The summed E-state index contributed by atoms with van der Waals surface area (Å²) in [6, 6.07) is 9.53. The maximum atomic E-state index is 11.4. The predicted molar refractivity (Wildman–Crippen MR) is 70.3 cm³/mol. The van der Waals surface area contributed by atoms with Gasteiger partial charge in [0.25, 0.3) is 0 Å². The van der Waals surface area contributed by atoms with Gasteiger partial charge in [0.2, 0.25) is 0 Å². The average Bonchev–Trinajstić information content (AvgIpc) is 2.34. The van der Waals surface area contributed by atoms with E-state index in [0.29, 0.717) is 12.1 Å². The van der Waals surface area contributed by atoms with Crippen LogP contribution in [0.1, 0.15) is 39.2 Å². The van der Waals surface area contributed by atoms with E-state index < -0.39 is 11.6 Å². The quantitative estimate of drug-likeness (QED) is 0.495. The molecule has 0 heterocycles. The van der Waals surface area contributed by atoms with Crippen molar-refractivity contribution in [1.82, 2.24) is 0 Å². The molecule has 0 aliphatic heterocycles. The molecule has 0 unspecified atom stereocenters. The van der Waals surface area contributed by atoms with Crippen molar-refractivity contribution in [2.75, 3.05) is 0 Å². The molecule has 1 N–H and O–H groups in total. The van der Waals surface area contributed by atoms with Gasteiger partial charge in [-0.3, -0.25) is 0 Å². The molecule has 0 saturated carbocycles. The third kappa shape index (κ3) is 4.30. The van der Waals surface area contributed by atoms with Crippen LogP contribution in [0.3, 0.4) is 0 Å². The fourth-order valence-electron chi connectivity index (χ4n) is 1.32. The topological polar surface area (TPSA) is 58.9 Å². The number of nitrogens with zero attached hydrogens (tertiary/aromatic N) is 1. The Labute approximate surface area is 107 Å². The van der Waals surface area contributed by atoms with Gasteiger partial charge in [-0.15, -0.1) is 0 Å². The minimum absolute atomic E-state index is 0.704. The van der Waals surface area contributed by atoms with E-state index in [1.807, 2.05) is 37.3 Å². The van der Waals surface area contributed by atoms with E-state index in [-0.39, 0.29) is 0 Å². The van der Waals surface area contributed by atoms with Crippen LogP contribution in [0.25, 0.3) is 0 Å². The van der Waals surface area contributed by atoms with E-state index in [9.17, 15) is 9.90 Å². The molecule has 18 heavy (non-hydrogen) atoms. The van der Waals surface area contributed by atoms with Crippen molar-refractivity contribution >= 4 is 11.7 Å². The maximum absolute atomic E-state index is 11.4. The molecule has 1 aromatic carbocycles. The Morgan fingerprint density at radius 2 is 1.94 bits per heavy atom. The second-order valence-electron chi connectivity index (χ2n) is 4.59. The van der Waals surface area contributed by atoms with Crippen molar-refractivity contribution in [1.29, 1.82) is 0 Å². The minimum atomic E-state index is -1.53. The molecule has 0 atom stereocenters. The van der Waals surface area contributed by atoms with E-state index in [1.54, 1.807) is 0 Å². The fraction of sp³-hybridized carbons (Fsp3) is 0.429. The zero-order valence-electron chi connectivity index (χ0n) is 11.0. The summed E-state index contributed by atoms with van der Waals surface area (Å²) in [5, 5.41) is 13.3. The van der Waals surface area contributed by atoms with Gasteiger partial charge in [0, 0.05) is 0 Å². The van der Waals surface area contributed by atoms with Crippen LogP contribution in [0.5, 0.6) is 0 Å². The zero-order chi connectivity index (χ0) is 13.6. The maximum Gasteiger partial charge on any atom is 0.365 e. The molecule has 0 aliphatic carbocycles. The van der Waals surface area contributed by atoms with Crippen LogP contribution < -0.4 is 0 Å². The Balaban J connectivity index is 2.83. The second kappa shape index (κ2) is 6.31.